The standard InChI is InChI=1S/C9H10FN/c10-8-3-1-7(2-4-8)9-5-6-11-9/h1-4,9,11H,5-6H2/t9-/m1/s1. The van der Waals surface area contributed by atoms with E-state index in [1.54, 1.807) is 0 Å². The fourth-order valence-corrected chi connectivity index (χ4v) is 1.27. The Hall–Kier alpha value is -0.890. The van der Waals surface area contributed by atoms with Crippen LogP contribution in [0.25, 0.3) is 0 Å². The lowest BCUT2D eigenvalue weighted by atomic mass is 9.98. The lowest BCUT2D eigenvalue weighted by Crippen LogP contribution is -2.34. The number of halogens is 1. The maximum absolute atomic E-state index is 12.5. The molecule has 2 heteroatoms. The molecule has 1 heterocycles. The Morgan fingerprint density at radius 2 is 1.91 bits per heavy atom. The highest BCUT2D eigenvalue weighted by Crippen LogP contribution is 2.22. The summed E-state index contributed by atoms with van der Waals surface area (Å²) in [5.74, 6) is -0.159. The van der Waals surface area contributed by atoms with Crippen LogP contribution in [0.4, 0.5) is 4.39 Å². The third kappa shape index (κ3) is 1.26. The van der Waals surface area contributed by atoms with E-state index in [1.807, 2.05) is 12.1 Å². The first-order chi connectivity index (χ1) is 5.36. The summed E-state index contributed by atoms with van der Waals surface area (Å²) in [6, 6.07) is 7.17. The summed E-state index contributed by atoms with van der Waals surface area (Å²) in [7, 11) is 0. The fourth-order valence-electron chi connectivity index (χ4n) is 1.27. The van der Waals surface area contributed by atoms with Crippen molar-refractivity contribution in [3.05, 3.63) is 35.6 Å². The number of hydrogen-bond acceptors (Lipinski definition) is 1. The summed E-state index contributed by atoms with van der Waals surface area (Å²) in [6.45, 7) is 1.09. The largest absolute Gasteiger partial charge is 0.310 e. The first kappa shape index (κ1) is 6.80. The molecule has 0 aliphatic carbocycles. The van der Waals surface area contributed by atoms with Gasteiger partial charge in [-0.1, -0.05) is 12.1 Å². The Morgan fingerprint density at radius 1 is 1.27 bits per heavy atom. The summed E-state index contributed by atoms with van der Waals surface area (Å²) in [5.41, 5.74) is 1.19. The zero-order valence-electron chi connectivity index (χ0n) is 6.18. The van der Waals surface area contributed by atoms with Crippen LogP contribution >= 0.6 is 0 Å². The summed E-state index contributed by atoms with van der Waals surface area (Å²) in [6.07, 6.45) is 1.17. The average molecular weight is 151 g/mol. The molecule has 2 rings (SSSR count). The van der Waals surface area contributed by atoms with E-state index >= 15 is 0 Å². The molecule has 1 fully saturated rings. The van der Waals surface area contributed by atoms with Crippen molar-refractivity contribution in [1.29, 1.82) is 0 Å². The lowest BCUT2D eigenvalue weighted by molar-refractivity contribution is 0.383. The van der Waals surface area contributed by atoms with Gasteiger partial charge in [0.1, 0.15) is 5.82 Å². The Morgan fingerprint density at radius 3 is 2.36 bits per heavy atom. The molecule has 1 aliphatic heterocycles. The van der Waals surface area contributed by atoms with E-state index < -0.39 is 0 Å². The van der Waals surface area contributed by atoms with Crippen LogP contribution in [-0.2, 0) is 0 Å². The van der Waals surface area contributed by atoms with Crippen molar-refractivity contribution in [3.63, 3.8) is 0 Å². The molecule has 1 N–H and O–H groups in total. The second kappa shape index (κ2) is 2.62. The number of rotatable bonds is 1. The minimum absolute atomic E-state index is 0.159. The van der Waals surface area contributed by atoms with E-state index in [1.165, 1.54) is 24.1 Å². The first-order valence-corrected chi connectivity index (χ1v) is 3.85. The van der Waals surface area contributed by atoms with Gasteiger partial charge >= 0.3 is 0 Å². The first-order valence-electron chi connectivity index (χ1n) is 3.85. The van der Waals surface area contributed by atoms with Crippen LogP contribution in [0.1, 0.15) is 18.0 Å². The second-order valence-corrected chi connectivity index (χ2v) is 2.85. The van der Waals surface area contributed by atoms with Crippen LogP contribution in [-0.4, -0.2) is 6.54 Å². The smallest absolute Gasteiger partial charge is 0.123 e. The van der Waals surface area contributed by atoms with Gasteiger partial charge in [0, 0.05) is 6.04 Å². The maximum atomic E-state index is 12.5. The van der Waals surface area contributed by atoms with Gasteiger partial charge in [0.05, 0.1) is 0 Å². The molecule has 0 radical (unpaired) electrons. The van der Waals surface area contributed by atoms with Crippen molar-refractivity contribution in [2.45, 2.75) is 12.5 Å². The van der Waals surface area contributed by atoms with Crippen LogP contribution in [0.3, 0.4) is 0 Å². The molecule has 0 bridgehead atoms. The molecule has 58 valence electrons. The molecule has 0 unspecified atom stereocenters. The van der Waals surface area contributed by atoms with Gasteiger partial charge in [-0.2, -0.15) is 0 Å². The second-order valence-electron chi connectivity index (χ2n) is 2.85. The Balaban J connectivity index is 2.18. The molecule has 1 aromatic rings. The van der Waals surface area contributed by atoms with Crippen LogP contribution in [0.5, 0.6) is 0 Å². The van der Waals surface area contributed by atoms with Crippen LogP contribution in [0, 0.1) is 5.82 Å². The van der Waals surface area contributed by atoms with E-state index in [0.717, 1.165) is 6.54 Å². The van der Waals surface area contributed by atoms with Crippen molar-refractivity contribution in [3.8, 4) is 0 Å². The summed E-state index contributed by atoms with van der Waals surface area (Å²) in [4.78, 5) is 0. The number of hydrogen-bond donors (Lipinski definition) is 1. The van der Waals surface area contributed by atoms with Gasteiger partial charge in [0.2, 0.25) is 0 Å². The average Bonchev–Trinajstić information content (AvgIpc) is 1.90. The molecule has 1 atom stereocenters. The highest BCUT2D eigenvalue weighted by Gasteiger charge is 2.17. The number of nitrogens with one attached hydrogen (secondary N) is 1. The highest BCUT2D eigenvalue weighted by atomic mass is 19.1. The van der Waals surface area contributed by atoms with Crippen molar-refractivity contribution in [2.24, 2.45) is 0 Å². The molecule has 1 aliphatic rings. The molecular weight excluding hydrogens is 141 g/mol. The van der Waals surface area contributed by atoms with Crippen LogP contribution < -0.4 is 5.32 Å². The van der Waals surface area contributed by atoms with Gasteiger partial charge in [0.25, 0.3) is 0 Å². The van der Waals surface area contributed by atoms with E-state index in [0.29, 0.717) is 6.04 Å². The van der Waals surface area contributed by atoms with E-state index in [-0.39, 0.29) is 5.82 Å². The molecule has 1 saturated heterocycles. The Kier molecular flexibility index (Phi) is 1.62. The molecule has 0 spiro atoms. The SMILES string of the molecule is Fc1ccc([C@H]2CCN2)cc1. The molecular formula is C9H10FN. The fraction of sp³-hybridized carbons (Fsp3) is 0.333. The molecule has 0 amide bonds. The molecule has 11 heavy (non-hydrogen) atoms. The van der Waals surface area contributed by atoms with E-state index in [2.05, 4.69) is 5.32 Å². The van der Waals surface area contributed by atoms with Gasteiger partial charge < -0.3 is 5.32 Å². The monoisotopic (exact) mass is 151 g/mol. The van der Waals surface area contributed by atoms with Gasteiger partial charge in [-0.05, 0) is 30.7 Å². The minimum Gasteiger partial charge on any atom is -0.310 e. The van der Waals surface area contributed by atoms with Gasteiger partial charge in [-0.3, -0.25) is 0 Å². The third-order valence-electron chi connectivity index (χ3n) is 2.10. The zero-order valence-corrected chi connectivity index (χ0v) is 6.18. The van der Waals surface area contributed by atoms with Crippen molar-refractivity contribution in [1.82, 2.24) is 5.32 Å². The van der Waals surface area contributed by atoms with Gasteiger partial charge in [-0.25, -0.2) is 4.39 Å². The highest BCUT2D eigenvalue weighted by molar-refractivity contribution is 5.21. The Labute approximate surface area is 65.2 Å². The molecule has 1 nitrogen and oxygen atoms in total. The number of benzene rings is 1. The summed E-state index contributed by atoms with van der Waals surface area (Å²) < 4.78 is 12.5. The zero-order chi connectivity index (χ0) is 7.68. The van der Waals surface area contributed by atoms with Gasteiger partial charge in [-0.15, -0.1) is 0 Å². The van der Waals surface area contributed by atoms with Crippen LogP contribution in [0.15, 0.2) is 24.3 Å². The van der Waals surface area contributed by atoms with Crippen molar-refractivity contribution >= 4 is 0 Å². The molecule has 1 aromatic carbocycles. The molecule has 0 aromatic heterocycles. The van der Waals surface area contributed by atoms with E-state index in [9.17, 15) is 4.39 Å². The van der Waals surface area contributed by atoms with Crippen molar-refractivity contribution < 1.29 is 4.39 Å². The van der Waals surface area contributed by atoms with Crippen LogP contribution in [0.2, 0.25) is 0 Å². The predicted octanol–water partition coefficient (Wildman–Crippen LogP) is 1.86. The predicted molar refractivity (Wildman–Crippen MR) is 41.8 cm³/mol. The topological polar surface area (TPSA) is 12.0 Å². The summed E-state index contributed by atoms with van der Waals surface area (Å²) in [5, 5.41) is 3.26. The molecule has 0 saturated carbocycles. The normalized spacial score (nSPS) is 22.8. The Bertz CT molecular complexity index is 238. The minimum atomic E-state index is -0.159. The summed E-state index contributed by atoms with van der Waals surface area (Å²) >= 11 is 0. The van der Waals surface area contributed by atoms with Gasteiger partial charge in [0.15, 0.2) is 0 Å². The third-order valence-corrected chi connectivity index (χ3v) is 2.10. The lowest BCUT2D eigenvalue weighted by Gasteiger charge is -2.27. The van der Waals surface area contributed by atoms with E-state index in [4.69, 9.17) is 0 Å². The van der Waals surface area contributed by atoms with Crippen molar-refractivity contribution in [2.75, 3.05) is 6.54 Å². The quantitative estimate of drug-likeness (QED) is 0.646. The maximum Gasteiger partial charge on any atom is 0.123 e.